The lowest BCUT2D eigenvalue weighted by molar-refractivity contribution is 0.0694. The van der Waals surface area contributed by atoms with Crippen molar-refractivity contribution in [2.45, 2.75) is 64.8 Å². The van der Waals surface area contributed by atoms with Crippen molar-refractivity contribution in [3.63, 3.8) is 0 Å². The van der Waals surface area contributed by atoms with E-state index in [4.69, 9.17) is 9.52 Å². The molecule has 122 valence electrons. The van der Waals surface area contributed by atoms with Crippen LogP contribution >= 0.6 is 0 Å². The molecule has 2 rings (SSSR count). The molecule has 1 heterocycles. The minimum absolute atomic E-state index is 0.0686. The molecule has 5 heteroatoms. The number of carbonyl (C=O) groups excluding carboxylic acids is 1. The highest BCUT2D eigenvalue weighted by molar-refractivity contribution is 5.96. The third kappa shape index (κ3) is 4.12. The number of hydrogen-bond acceptors (Lipinski definition) is 3. The number of amides is 1. The molecule has 1 fully saturated rings. The Hall–Kier alpha value is -1.78. The van der Waals surface area contributed by atoms with E-state index in [9.17, 15) is 9.59 Å². The molecule has 0 aromatic carbocycles. The Morgan fingerprint density at radius 1 is 1.36 bits per heavy atom. The van der Waals surface area contributed by atoms with Gasteiger partial charge in [0.25, 0.3) is 5.91 Å². The second-order valence-electron chi connectivity index (χ2n) is 6.22. The maximum absolute atomic E-state index is 12.2. The van der Waals surface area contributed by atoms with Crippen LogP contribution in [0.25, 0.3) is 0 Å². The first-order valence-corrected chi connectivity index (χ1v) is 8.18. The van der Waals surface area contributed by atoms with Gasteiger partial charge in [-0.3, -0.25) is 4.79 Å². The van der Waals surface area contributed by atoms with E-state index in [0.29, 0.717) is 18.1 Å². The van der Waals surface area contributed by atoms with E-state index >= 15 is 0 Å². The van der Waals surface area contributed by atoms with Crippen molar-refractivity contribution in [3.05, 3.63) is 23.2 Å². The van der Waals surface area contributed by atoms with Crippen molar-refractivity contribution >= 4 is 11.9 Å². The van der Waals surface area contributed by atoms with Crippen LogP contribution in [0.15, 0.2) is 10.5 Å². The van der Waals surface area contributed by atoms with E-state index in [1.807, 2.05) is 6.92 Å². The predicted octanol–water partition coefficient (Wildman–Crippen LogP) is 3.63. The van der Waals surface area contributed by atoms with Gasteiger partial charge in [0.2, 0.25) is 0 Å². The number of carbonyl (C=O) groups is 2. The van der Waals surface area contributed by atoms with Gasteiger partial charge in [-0.05, 0) is 19.3 Å². The number of aryl methyl sites for hydroxylation is 1. The predicted molar refractivity (Wildman–Crippen MR) is 83.2 cm³/mol. The minimum atomic E-state index is -1.06. The summed E-state index contributed by atoms with van der Waals surface area (Å²) in [6, 6.07) is 1.39. The van der Waals surface area contributed by atoms with Crippen LogP contribution in [0.1, 0.15) is 79.0 Å². The van der Waals surface area contributed by atoms with Crippen LogP contribution in [0.4, 0.5) is 0 Å². The number of aromatic carboxylic acids is 1. The first kappa shape index (κ1) is 16.6. The molecular formula is C17H25NO4. The monoisotopic (exact) mass is 307 g/mol. The fourth-order valence-corrected chi connectivity index (χ4v) is 3.26. The van der Waals surface area contributed by atoms with Gasteiger partial charge in [0.05, 0.1) is 0 Å². The Kier molecular flexibility index (Phi) is 5.63. The standard InChI is InChI=1S/C17H25NO4/c1-3-14-13(17(20)21)10-15(22-14)16(19)18-11(2)9-12-7-5-4-6-8-12/h10-12H,3-9H2,1-2H3,(H,18,19)(H,20,21)/t11-/m1/s1. The van der Waals surface area contributed by atoms with Crippen LogP contribution in [-0.4, -0.2) is 23.0 Å². The van der Waals surface area contributed by atoms with Gasteiger partial charge in [0, 0.05) is 18.5 Å². The zero-order valence-electron chi connectivity index (χ0n) is 13.4. The Labute approximate surface area is 131 Å². The van der Waals surface area contributed by atoms with Gasteiger partial charge >= 0.3 is 5.97 Å². The van der Waals surface area contributed by atoms with Gasteiger partial charge in [0.1, 0.15) is 11.3 Å². The lowest BCUT2D eigenvalue weighted by atomic mass is 9.85. The summed E-state index contributed by atoms with van der Waals surface area (Å²) in [4.78, 5) is 23.3. The van der Waals surface area contributed by atoms with Crippen LogP contribution in [0.5, 0.6) is 0 Å². The van der Waals surface area contributed by atoms with Gasteiger partial charge < -0.3 is 14.8 Å². The van der Waals surface area contributed by atoms with E-state index in [-0.39, 0.29) is 23.3 Å². The van der Waals surface area contributed by atoms with Crippen molar-refractivity contribution in [3.8, 4) is 0 Å². The third-order valence-electron chi connectivity index (χ3n) is 4.37. The van der Waals surface area contributed by atoms with E-state index in [2.05, 4.69) is 5.32 Å². The summed E-state index contributed by atoms with van der Waals surface area (Å²) >= 11 is 0. The molecule has 0 spiro atoms. The lowest BCUT2D eigenvalue weighted by Gasteiger charge is -2.24. The van der Waals surface area contributed by atoms with Crippen molar-refractivity contribution in [2.75, 3.05) is 0 Å². The van der Waals surface area contributed by atoms with E-state index in [1.165, 1.54) is 38.2 Å². The second-order valence-corrected chi connectivity index (χ2v) is 6.22. The van der Waals surface area contributed by atoms with Crippen LogP contribution in [-0.2, 0) is 6.42 Å². The Balaban J connectivity index is 1.94. The largest absolute Gasteiger partial charge is 0.478 e. The van der Waals surface area contributed by atoms with E-state index in [1.54, 1.807) is 6.92 Å². The van der Waals surface area contributed by atoms with Crippen molar-refractivity contribution < 1.29 is 19.1 Å². The van der Waals surface area contributed by atoms with Gasteiger partial charge in [0.15, 0.2) is 5.76 Å². The zero-order valence-corrected chi connectivity index (χ0v) is 13.4. The molecule has 2 N–H and O–H groups in total. The molecule has 1 saturated carbocycles. The van der Waals surface area contributed by atoms with Crippen molar-refractivity contribution in [1.82, 2.24) is 5.32 Å². The zero-order chi connectivity index (χ0) is 16.1. The summed E-state index contributed by atoms with van der Waals surface area (Å²) in [5.41, 5.74) is 0.0765. The highest BCUT2D eigenvalue weighted by Gasteiger charge is 2.22. The Morgan fingerprint density at radius 2 is 2.05 bits per heavy atom. The molecule has 1 aromatic heterocycles. The summed E-state index contributed by atoms with van der Waals surface area (Å²) in [5.74, 6) is -0.274. The molecular weight excluding hydrogens is 282 g/mol. The second kappa shape index (κ2) is 7.47. The van der Waals surface area contributed by atoms with E-state index in [0.717, 1.165) is 6.42 Å². The van der Waals surface area contributed by atoms with Crippen LogP contribution in [0.2, 0.25) is 0 Å². The summed E-state index contributed by atoms with van der Waals surface area (Å²) < 4.78 is 5.39. The summed E-state index contributed by atoms with van der Waals surface area (Å²) in [6.45, 7) is 3.80. The number of rotatable bonds is 6. The quantitative estimate of drug-likeness (QED) is 0.841. The topological polar surface area (TPSA) is 79.5 Å². The smallest absolute Gasteiger partial charge is 0.339 e. The lowest BCUT2D eigenvalue weighted by Crippen LogP contribution is -2.34. The summed E-state index contributed by atoms with van der Waals surface area (Å²) in [6.07, 6.45) is 7.79. The first-order chi connectivity index (χ1) is 10.5. The van der Waals surface area contributed by atoms with Gasteiger partial charge in [-0.25, -0.2) is 4.79 Å². The SMILES string of the molecule is CCc1oc(C(=O)N[C@H](C)CC2CCCCC2)cc1C(=O)O. The number of hydrogen-bond donors (Lipinski definition) is 2. The number of furan rings is 1. The molecule has 1 amide bonds. The van der Waals surface area contributed by atoms with Crippen molar-refractivity contribution in [1.29, 1.82) is 0 Å². The Bertz CT molecular complexity index is 529. The average molecular weight is 307 g/mol. The Morgan fingerprint density at radius 3 is 2.59 bits per heavy atom. The van der Waals surface area contributed by atoms with Crippen molar-refractivity contribution in [2.24, 2.45) is 5.92 Å². The van der Waals surface area contributed by atoms with E-state index < -0.39 is 5.97 Å². The molecule has 5 nitrogen and oxygen atoms in total. The highest BCUT2D eigenvalue weighted by Crippen LogP contribution is 2.27. The molecule has 0 unspecified atom stereocenters. The number of carboxylic acids is 1. The molecule has 1 aliphatic carbocycles. The molecule has 1 atom stereocenters. The van der Waals surface area contributed by atoms with Gasteiger partial charge in [-0.2, -0.15) is 0 Å². The molecule has 0 saturated heterocycles. The maximum Gasteiger partial charge on any atom is 0.339 e. The van der Waals surface area contributed by atoms with Gasteiger partial charge in [-0.1, -0.05) is 39.0 Å². The highest BCUT2D eigenvalue weighted by atomic mass is 16.4. The van der Waals surface area contributed by atoms with Crippen LogP contribution in [0, 0.1) is 5.92 Å². The molecule has 0 radical (unpaired) electrons. The molecule has 22 heavy (non-hydrogen) atoms. The molecule has 0 aliphatic heterocycles. The molecule has 1 aliphatic rings. The minimum Gasteiger partial charge on any atom is -0.478 e. The summed E-state index contributed by atoms with van der Waals surface area (Å²) in [5, 5.41) is 12.0. The fourth-order valence-electron chi connectivity index (χ4n) is 3.26. The number of nitrogens with one attached hydrogen (secondary N) is 1. The number of carboxylic acid groups (broad SMARTS) is 1. The summed E-state index contributed by atoms with van der Waals surface area (Å²) in [7, 11) is 0. The van der Waals surface area contributed by atoms with Crippen LogP contribution in [0.3, 0.4) is 0 Å². The fraction of sp³-hybridized carbons (Fsp3) is 0.647. The molecule has 1 aromatic rings. The van der Waals surface area contributed by atoms with Crippen LogP contribution < -0.4 is 5.32 Å². The maximum atomic E-state index is 12.2. The molecule has 0 bridgehead atoms. The average Bonchev–Trinajstić information content (AvgIpc) is 2.92. The van der Waals surface area contributed by atoms with Gasteiger partial charge in [-0.15, -0.1) is 0 Å². The normalized spacial score (nSPS) is 17.2. The first-order valence-electron chi connectivity index (χ1n) is 8.18. The third-order valence-corrected chi connectivity index (χ3v) is 4.37.